The molecule has 0 rings (SSSR count). The highest BCUT2D eigenvalue weighted by Gasteiger charge is 2.23. The van der Waals surface area contributed by atoms with Crippen LogP contribution in [-0.2, 0) is 19.9 Å². The van der Waals surface area contributed by atoms with Crippen LogP contribution in [0.3, 0.4) is 0 Å². The van der Waals surface area contributed by atoms with E-state index in [0.717, 1.165) is 6.26 Å². The molecule has 0 spiro atoms. The second-order valence-electron chi connectivity index (χ2n) is 4.19. The smallest absolute Gasteiger partial charge is 0.213 e. The van der Waals surface area contributed by atoms with Crippen LogP contribution in [0.15, 0.2) is 0 Å². The highest BCUT2D eigenvalue weighted by molar-refractivity contribution is 7.93. The van der Waals surface area contributed by atoms with Gasteiger partial charge in [-0.3, -0.25) is 0 Å². The number of sulfone groups is 1. The summed E-state index contributed by atoms with van der Waals surface area (Å²) in [7, 11) is -7.02. The van der Waals surface area contributed by atoms with E-state index in [9.17, 15) is 16.8 Å². The molecule has 0 saturated heterocycles. The number of thiocarbonyl (C=S) groups is 1. The summed E-state index contributed by atoms with van der Waals surface area (Å²) in [5.74, 6) is -1.01. The van der Waals surface area contributed by atoms with Gasteiger partial charge in [0.2, 0.25) is 10.0 Å². The Hall–Kier alpha value is -0.250. The molecule has 6 nitrogen and oxygen atoms in total. The molecule has 0 aliphatic rings. The molecule has 0 fully saturated rings. The highest BCUT2D eigenvalue weighted by atomic mass is 32.2. The third-order valence-electron chi connectivity index (χ3n) is 2.00. The summed E-state index contributed by atoms with van der Waals surface area (Å²) < 4.78 is 47.3. The predicted molar refractivity (Wildman–Crippen MR) is 72.0 cm³/mol. The summed E-state index contributed by atoms with van der Waals surface area (Å²) in [4.78, 5) is 0.0444. The zero-order valence-electron chi connectivity index (χ0n) is 10.0. The van der Waals surface area contributed by atoms with Crippen molar-refractivity contribution >= 4 is 37.1 Å². The summed E-state index contributed by atoms with van der Waals surface area (Å²) >= 11 is 4.75. The van der Waals surface area contributed by atoms with E-state index in [4.69, 9.17) is 18.0 Å². The van der Waals surface area contributed by atoms with Gasteiger partial charge in [0, 0.05) is 6.26 Å². The van der Waals surface area contributed by atoms with Gasteiger partial charge in [0.05, 0.1) is 22.5 Å². The largest absolute Gasteiger partial charge is 0.392 e. The molecule has 0 bridgehead atoms. The molecule has 17 heavy (non-hydrogen) atoms. The highest BCUT2D eigenvalue weighted by Crippen LogP contribution is 2.04. The lowest BCUT2D eigenvalue weighted by molar-refractivity contribution is 0.527. The van der Waals surface area contributed by atoms with Crippen LogP contribution in [0.5, 0.6) is 0 Å². The van der Waals surface area contributed by atoms with Crippen molar-refractivity contribution in [3.8, 4) is 0 Å². The van der Waals surface area contributed by atoms with E-state index in [1.54, 1.807) is 13.8 Å². The lowest BCUT2D eigenvalue weighted by atomic mass is 10.1. The van der Waals surface area contributed by atoms with Crippen LogP contribution in [0.4, 0.5) is 0 Å². The van der Waals surface area contributed by atoms with E-state index in [2.05, 4.69) is 4.72 Å². The normalized spacial score (nSPS) is 14.8. The zero-order valence-corrected chi connectivity index (χ0v) is 12.5. The minimum Gasteiger partial charge on any atom is -0.392 e. The van der Waals surface area contributed by atoms with Crippen molar-refractivity contribution in [2.75, 3.05) is 17.8 Å². The van der Waals surface area contributed by atoms with E-state index >= 15 is 0 Å². The van der Waals surface area contributed by atoms with E-state index in [0.29, 0.717) is 0 Å². The lowest BCUT2D eigenvalue weighted by Crippen LogP contribution is -2.48. The van der Waals surface area contributed by atoms with Gasteiger partial charge in [0.1, 0.15) is 9.84 Å². The molecule has 0 aromatic rings. The first-order valence-corrected chi connectivity index (χ1v) is 9.04. The fourth-order valence-corrected chi connectivity index (χ4v) is 4.43. The first kappa shape index (κ1) is 16.8. The van der Waals surface area contributed by atoms with E-state index in [-0.39, 0.29) is 10.9 Å². The molecular weight excluding hydrogens is 284 g/mol. The molecule has 102 valence electrons. The van der Waals surface area contributed by atoms with Gasteiger partial charge in [0.15, 0.2) is 0 Å². The molecule has 0 amide bonds. The molecule has 0 radical (unpaired) electrons. The summed E-state index contributed by atoms with van der Waals surface area (Å²) in [5.41, 5.74) is 5.41. The molecule has 0 aliphatic heterocycles. The van der Waals surface area contributed by atoms with Crippen LogP contribution in [0.1, 0.15) is 13.8 Å². The van der Waals surface area contributed by atoms with Gasteiger partial charge < -0.3 is 5.73 Å². The molecule has 0 aromatic heterocycles. The average Bonchev–Trinajstić information content (AvgIpc) is 2.09. The predicted octanol–water partition coefficient (Wildman–Crippen LogP) is -0.739. The fraction of sp³-hybridized carbons (Fsp3) is 0.875. The Kier molecular flexibility index (Phi) is 5.99. The maximum atomic E-state index is 11.6. The molecule has 0 aliphatic carbocycles. The fourth-order valence-electron chi connectivity index (χ4n) is 1.04. The van der Waals surface area contributed by atoms with Crippen molar-refractivity contribution in [1.82, 2.24) is 4.72 Å². The number of hydrogen-bond acceptors (Lipinski definition) is 5. The minimum absolute atomic E-state index is 0.0444. The Morgan fingerprint density at radius 1 is 1.24 bits per heavy atom. The van der Waals surface area contributed by atoms with Crippen LogP contribution < -0.4 is 10.5 Å². The standard InChI is InChI=1S/C8H18N2O4S3/c1-6(2)7(8(9)15)10-17(13,14)5-4-16(3,11)12/h6-7,10H,4-5H2,1-3H3,(H2,9,15). The SMILES string of the molecule is CC(C)C(NS(=O)(=O)CCS(C)(=O)=O)C(N)=S. The van der Waals surface area contributed by atoms with Crippen molar-refractivity contribution in [2.45, 2.75) is 19.9 Å². The van der Waals surface area contributed by atoms with E-state index in [1.807, 2.05) is 0 Å². The average molecular weight is 302 g/mol. The molecule has 0 aromatic carbocycles. The first-order valence-electron chi connectivity index (χ1n) is 4.91. The van der Waals surface area contributed by atoms with Gasteiger partial charge in [-0.2, -0.15) is 0 Å². The third-order valence-corrected chi connectivity index (χ3v) is 4.82. The van der Waals surface area contributed by atoms with Gasteiger partial charge in [-0.1, -0.05) is 26.1 Å². The molecule has 1 unspecified atom stereocenters. The van der Waals surface area contributed by atoms with E-state index < -0.39 is 37.4 Å². The monoisotopic (exact) mass is 302 g/mol. The molecule has 3 N–H and O–H groups in total. The van der Waals surface area contributed by atoms with Gasteiger partial charge in [-0.25, -0.2) is 21.6 Å². The lowest BCUT2D eigenvalue weighted by Gasteiger charge is -2.20. The van der Waals surface area contributed by atoms with Gasteiger partial charge in [-0.15, -0.1) is 0 Å². The molecular formula is C8H18N2O4S3. The summed E-state index contributed by atoms with van der Waals surface area (Å²) in [5, 5.41) is 0. The number of sulfonamides is 1. The Labute approximate surface area is 108 Å². The van der Waals surface area contributed by atoms with Crippen LogP contribution in [0.25, 0.3) is 0 Å². The Morgan fingerprint density at radius 3 is 2.00 bits per heavy atom. The van der Waals surface area contributed by atoms with E-state index in [1.165, 1.54) is 0 Å². The van der Waals surface area contributed by atoms with Gasteiger partial charge in [-0.05, 0) is 5.92 Å². The van der Waals surface area contributed by atoms with Crippen LogP contribution in [0, 0.1) is 5.92 Å². The maximum absolute atomic E-state index is 11.6. The summed E-state index contributed by atoms with van der Waals surface area (Å²) in [6.07, 6.45) is 0.982. The van der Waals surface area contributed by atoms with Gasteiger partial charge >= 0.3 is 0 Å². The number of rotatable bonds is 7. The molecule has 0 saturated carbocycles. The van der Waals surface area contributed by atoms with Crippen molar-refractivity contribution in [3.63, 3.8) is 0 Å². The Balaban J connectivity index is 4.69. The molecule has 9 heteroatoms. The number of hydrogen-bond donors (Lipinski definition) is 2. The third kappa shape index (κ3) is 7.63. The second-order valence-corrected chi connectivity index (χ2v) is 8.80. The summed E-state index contributed by atoms with van der Waals surface area (Å²) in [6.45, 7) is 3.53. The second kappa shape index (κ2) is 6.07. The topological polar surface area (TPSA) is 106 Å². The van der Waals surface area contributed by atoms with Crippen LogP contribution in [0.2, 0.25) is 0 Å². The first-order chi connectivity index (χ1) is 7.44. The maximum Gasteiger partial charge on any atom is 0.213 e. The molecule has 0 heterocycles. The van der Waals surface area contributed by atoms with Crippen molar-refractivity contribution in [3.05, 3.63) is 0 Å². The quantitative estimate of drug-likeness (QED) is 0.600. The number of nitrogens with one attached hydrogen (secondary N) is 1. The van der Waals surface area contributed by atoms with Crippen LogP contribution >= 0.6 is 12.2 Å². The minimum atomic E-state index is -3.70. The Bertz CT molecular complexity index is 467. The number of nitrogens with two attached hydrogens (primary N) is 1. The van der Waals surface area contributed by atoms with Gasteiger partial charge in [0.25, 0.3) is 0 Å². The van der Waals surface area contributed by atoms with Crippen molar-refractivity contribution < 1.29 is 16.8 Å². The molecule has 1 atom stereocenters. The Morgan fingerprint density at radius 2 is 1.71 bits per heavy atom. The summed E-state index contributed by atoms with van der Waals surface area (Å²) in [6, 6.07) is -0.658. The van der Waals surface area contributed by atoms with Crippen molar-refractivity contribution in [1.29, 1.82) is 0 Å². The zero-order chi connectivity index (χ0) is 13.9. The van der Waals surface area contributed by atoms with Crippen molar-refractivity contribution in [2.24, 2.45) is 11.7 Å². The van der Waals surface area contributed by atoms with Crippen LogP contribution in [-0.4, -0.2) is 45.6 Å².